The van der Waals surface area contributed by atoms with Gasteiger partial charge in [0.25, 0.3) is 0 Å². The van der Waals surface area contributed by atoms with Crippen molar-refractivity contribution in [1.29, 1.82) is 0 Å². The number of ether oxygens (including phenoxy) is 3. The van der Waals surface area contributed by atoms with Crippen LogP contribution in [0.25, 0.3) is 14.5 Å². The molecule has 6 aromatic carbocycles. The largest absolute Gasteiger partial charge is 0.492 e. The van der Waals surface area contributed by atoms with Crippen molar-refractivity contribution in [3.05, 3.63) is 174 Å². The number of hydrogen-bond donors (Lipinski definition) is 3. The van der Waals surface area contributed by atoms with E-state index in [2.05, 4.69) is 14.5 Å². The van der Waals surface area contributed by atoms with Crippen LogP contribution in [0.4, 0.5) is 17.1 Å². The van der Waals surface area contributed by atoms with Crippen LogP contribution >= 0.6 is 0 Å². The van der Waals surface area contributed by atoms with Crippen LogP contribution in [0.1, 0.15) is 106 Å². The number of nitrogens with zero attached hydrogens (tertiary/aromatic N) is 3. The lowest BCUT2D eigenvalue weighted by atomic mass is 9.76. The summed E-state index contributed by atoms with van der Waals surface area (Å²) in [6.07, 6.45) is -0.470. The van der Waals surface area contributed by atoms with E-state index in [0.717, 1.165) is 94.6 Å². The van der Waals surface area contributed by atoms with Gasteiger partial charge >= 0.3 is 21.4 Å². The van der Waals surface area contributed by atoms with E-state index >= 15 is 0 Å². The molecule has 15 heteroatoms. The van der Waals surface area contributed by atoms with Crippen LogP contribution in [0.3, 0.4) is 0 Å². The molecule has 6 aromatic rings. The summed E-state index contributed by atoms with van der Waals surface area (Å²) < 4.78 is 34.4. The van der Waals surface area contributed by atoms with Crippen molar-refractivity contribution >= 4 is 54.8 Å². The van der Waals surface area contributed by atoms with E-state index in [0.29, 0.717) is 40.1 Å². The number of fused-ring (bicyclic) bond motifs is 3. The van der Waals surface area contributed by atoms with Crippen molar-refractivity contribution in [2.45, 2.75) is 101 Å². The van der Waals surface area contributed by atoms with Crippen molar-refractivity contribution in [2.24, 2.45) is 0 Å². The molecule has 0 saturated heterocycles. The van der Waals surface area contributed by atoms with Crippen LogP contribution in [0, 0.1) is 82.0 Å². The fourth-order valence-electron chi connectivity index (χ4n) is 9.37. The molecule has 3 aliphatic rings. The molecule has 0 bridgehead atoms. The summed E-state index contributed by atoms with van der Waals surface area (Å²) in [5.41, 5.74) is 15.6. The van der Waals surface area contributed by atoms with Gasteiger partial charge in [-0.1, -0.05) is 12.1 Å². The van der Waals surface area contributed by atoms with Gasteiger partial charge in [-0.05, 0) is 227 Å². The van der Waals surface area contributed by atoms with Crippen LogP contribution < -0.4 is 30.6 Å². The molecule has 9 rings (SSSR count). The zero-order valence-corrected chi connectivity index (χ0v) is 41.0. The summed E-state index contributed by atoms with van der Waals surface area (Å²) >= 11 is 0. The summed E-state index contributed by atoms with van der Waals surface area (Å²) in [4.78, 5) is 10.6. The Bertz CT molecular complexity index is 3000. The minimum Gasteiger partial charge on any atom is -0.457 e. The fourth-order valence-corrected chi connectivity index (χ4v) is 9.37. The van der Waals surface area contributed by atoms with E-state index in [9.17, 15) is 15.1 Å². The molecular formula is C54H54B3N3O9. The van der Waals surface area contributed by atoms with Crippen LogP contribution in [-0.2, 0) is 14.0 Å². The van der Waals surface area contributed by atoms with Crippen molar-refractivity contribution in [2.75, 3.05) is 0 Å². The molecule has 0 amide bonds. The molecule has 3 aliphatic heterocycles. The van der Waals surface area contributed by atoms with E-state index in [1.54, 1.807) is 0 Å². The molecule has 0 radical (unpaired) electrons. The lowest BCUT2D eigenvalue weighted by Crippen LogP contribution is -2.30. The third kappa shape index (κ3) is 10.3. The van der Waals surface area contributed by atoms with E-state index in [4.69, 9.17) is 47.9 Å². The van der Waals surface area contributed by atoms with E-state index < -0.39 is 21.4 Å². The molecule has 0 aliphatic carbocycles. The van der Waals surface area contributed by atoms with Gasteiger partial charge in [-0.15, -0.1) is 0 Å². The van der Waals surface area contributed by atoms with Gasteiger partial charge in [0, 0.05) is 0 Å². The topological polar surface area (TPSA) is 129 Å². The van der Waals surface area contributed by atoms with Gasteiger partial charge in [-0.2, -0.15) is 0 Å². The molecule has 12 nitrogen and oxygen atoms in total. The van der Waals surface area contributed by atoms with Crippen molar-refractivity contribution in [3.8, 4) is 34.5 Å². The Hall–Kier alpha value is -6.86. The van der Waals surface area contributed by atoms with Crippen LogP contribution in [-0.4, -0.2) is 36.4 Å². The van der Waals surface area contributed by atoms with E-state index in [-0.39, 0.29) is 18.3 Å². The van der Waals surface area contributed by atoms with Gasteiger partial charge in [0.1, 0.15) is 34.5 Å². The van der Waals surface area contributed by atoms with Crippen molar-refractivity contribution in [1.82, 2.24) is 0 Å². The smallest absolute Gasteiger partial charge is 0.457 e. The van der Waals surface area contributed by atoms with E-state index in [1.807, 2.05) is 156 Å². The second-order valence-electron chi connectivity index (χ2n) is 17.9. The zero-order chi connectivity index (χ0) is 50.2. The Kier molecular flexibility index (Phi) is 14.8. The number of aryl methyl sites for hydroxylation is 8. The number of rotatable bonds is 6. The first-order valence-electron chi connectivity index (χ1n) is 22.7. The Morgan fingerprint density at radius 3 is 1.35 bits per heavy atom. The highest BCUT2D eigenvalue weighted by Crippen LogP contribution is 2.38. The summed E-state index contributed by atoms with van der Waals surface area (Å²) in [5.74, 6) is 4.31. The molecule has 3 N–H and O–H groups in total. The van der Waals surface area contributed by atoms with Crippen molar-refractivity contribution < 1.29 is 43.2 Å². The number of benzene rings is 6. The summed E-state index contributed by atoms with van der Waals surface area (Å²) in [6.45, 7) is 44.7. The minimum atomic E-state index is -0.866. The highest BCUT2D eigenvalue weighted by Gasteiger charge is 2.36. The first-order chi connectivity index (χ1) is 32.7. The molecule has 0 fully saturated rings. The van der Waals surface area contributed by atoms with Gasteiger partial charge in [0.2, 0.25) is 0 Å². The monoisotopic (exact) mass is 921 g/mol. The average Bonchev–Trinajstić information content (AvgIpc) is 3.84. The Morgan fingerprint density at radius 1 is 0.435 bits per heavy atom. The third-order valence-corrected chi connectivity index (χ3v) is 12.8. The normalized spacial score (nSPS) is 16.2. The third-order valence-electron chi connectivity index (χ3n) is 12.8. The predicted molar refractivity (Wildman–Crippen MR) is 272 cm³/mol. The standard InChI is InChI=1S/3C18H18BNO3/c1-10-8-16-15(13(4)23-19(16)21)9-17(10)22-14-6-11(2)18(20-5)12(3)7-14;1-10-6-15(9-16-13(4)23-19(21)17(10)16)22-14-7-11(2)18(20-5)12(3)8-14;1-10-8-14(9-11(2)18(10)20-5)22-16-7-6-15-17(12(16)3)13(4)23-19(15)21/h3*6-9,13,21H,1-4H3. The fraction of sp³-hybridized carbons (Fsp3) is 0.278. The second-order valence-corrected chi connectivity index (χ2v) is 17.9. The minimum absolute atomic E-state index is 0.156. The number of hydrogen-bond acceptors (Lipinski definition) is 9. The van der Waals surface area contributed by atoms with Gasteiger partial charge in [0.15, 0.2) is 17.1 Å². The summed E-state index contributed by atoms with van der Waals surface area (Å²) in [6, 6.07) is 22.6. The maximum atomic E-state index is 9.95. The molecule has 69 heavy (non-hydrogen) atoms. The molecular weight excluding hydrogens is 867 g/mol. The van der Waals surface area contributed by atoms with E-state index in [1.165, 1.54) is 0 Å². The predicted octanol–water partition coefficient (Wildman–Crippen LogP) is 11.2. The van der Waals surface area contributed by atoms with Crippen LogP contribution in [0.2, 0.25) is 0 Å². The Morgan fingerprint density at radius 2 is 0.841 bits per heavy atom. The quantitative estimate of drug-likeness (QED) is 0.110. The maximum Gasteiger partial charge on any atom is 0.492 e. The highest BCUT2D eigenvalue weighted by molar-refractivity contribution is 6.63. The lowest BCUT2D eigenvalue weighted by Gasteiger charge is -2.15. The Labute approximate surface area is 406 Å². The van der Waals surface area contributed by atoms with Gasteiger partial charge in [0.05, 0.1) is 38.0 Å². The molecule has 348 valence electrons. The molecule has 0 aromatic heterocycles. The maximum absolute atomic E-state index is 9.95. The van der Waals surface area contributed by atoms with Gasteiger partial charge in [-0.3, -0.25) is 0 Å². The Balaban J connectivity index is 0.000000153. The zero-order valence-electron chi connectivity index (χ0n) is 41.0. The molecule has 3 atom stereocenters. The van der Waals surface area contributed by atoms with Crippen LogP contribution in [0.5, 0.6) is 34.5 Å². The molecule has 0 saturated carbocycles. The van der Waals surface area contributed by atoms with Crippen molar-refractivity contribution in [3.63, 3.8) is 0 Å². The summed E-state index contributed by atoms with van der Waals surface area (Å²) in [5, 5.41) is 29.7. The summed E-state index contributed by atoms with van der Waals surface area (Å²) in [7, 11) is -2.60. The van der Waals surface area contributed by atoms with Crippen LogP contribution in [0.15, 0.2) is 72.8 Å². The molecule has 3 unspecified atom stereocenters. The lowest BCUT2D eigenvalue weighted by molar-refractivity contribution is 0.208. The SMILES string of the molecule is [C-]#[N+]c1c(C)cc(Oc2cc(C)c3c(c2)C(C)OB3O)cc1C.[C-]#[N+]c1c(C)cc(Oc2cc3c(cc2C)B(O)OC3C)cc1C.[C-]#[N+]c1c(C)cc(Oc2ccc3c(c2C)C(C)OB3O)cc1C. The molecule has 0 spiro atoms. The first-order valence-corrected chi connectivity index (χ1v) is 22.7. The highest BCUT2D eigenvalue weighted by atomic mass is 16.5. The second kappa shape index (κ2) is 20.4. The molecule has 3 heterocycles. The van der Waals surface area contributed by atoms with Gasteiger partial charge < -0.3 is 43.2 Å². The van der Waals surface area contributed by atoms with Gasteiger partial charge in [-0.25, -0.2) is 14.5 Å². The first kappa shape index (κ1) is 50.0. The average molecular weight is 921 g/mol.